The Bertz CT molecular complexity index is 669. The zero-order chi connectivity index (χ0) is 15.5. The summed E-state index contributed by atoms with van der Waals surface area (Å²) < 4.78 is 26.2. The minimum atomic E-state index is -0.895. The predicted octanol–water partition coefficient (Wildman–Crippen LogP) is 3.80. The van der Waals surface area contributed by atoms with Crippen LogP contribution in [0.2, 0.25) is 0 Å². The SMILES string of the molecule is Cc1cc(N2CCCCC2)nc(Nc2ccc(F)c(F)c2)n1. The zero-order valence-electron chi connectivity index (χ0n) is 12.4. The van der Waals surface area contributed by atoms with Crippen LogP contribution in [0.3, 0.4) is 0 Å². The lowest BCUT2D eigenvalue weighted by Gasteiger charge is -2.28. The molecule has 2 heterocycles. The van der Waals surface area contributed by atoms with E-state index in [9.17, 15) is 8.78 Å². The molecule has 2 aromatic rings. The molecule has 0 bridgehead atoms. The smallest absolute Gasteiger partial charge is 0.229 e. The maximum Gasteiger partial charge on any atom is 0.229 e. The van der Waals surface area contributed by atoms with Crippen LogP contribution in [0, 0.1) is 18.6 Å². The summed E-state index contributed by atoms with van der Waals surface area (Å²) in [5, 5.41) is 2.94. The fourth-order valence-electron chi connectivity index (χ4n) is 2.60. The Kier molecular flexibility index (Phi) is 4.18. The number of aromatic nitrogens is 2. The first kappa shape index (κ1) is 14.7. The quantitative estimate of drug-likeness (QED) is 0.936. The number of anilines is 3. The number of aryl methyl sites for hydroxylation is 1. The van der Waals surface area contributed by atoms with Crippen LogP contribution in [0.1, 0.15) is 25.0 Å². The largest absolute Gasteiger partial charge is 0.356 e. The highest BCUT2D eigenvalue weighted by Crippen LogP contribution is 2.22. The lowest BCUT2D eigenvalue weighted by Crippen LogP contribution is -2.30. The van der Waals surface area contributed by atoms with Gasteiger partial charge in [-0.05, 0) is 38.3 Å². The van der Waals surface area contributed by atoms with Gasteiger partial charge in [-0.15, -0.1) is 0 Å². The van der Waals surface area contributed by atoms with Gasteiger partial charge in [0.15, 0.2) is 11.6 Å². The molecular weight excluding hydrogens is 286 g/mol. The van der Waals surface area contributed by atoms with Crippen LogP contribution in [0.25, 0.3) is 0 Å². The highest BCUT2D eigenvalue weighted by atomic mass is 19.2. The van der Waals surface area contributed by atoms with E-state index in [1.54, 1.807) is 0 Å². The van der Waals surface area contributed by atoms with Gasteiger partial charge in [-0.3, -0.25) is 0 Å². The number of nitrogens with one attached hydrogen (secondary N) is 1. The Balaban J connectivity index is 1.83. The topological polar surface area (TPSA) is 41.1 Å². The van der Waals surface area contributed by atoms with Crippen molar-refractivity contribution in [2.24, 2.45) is 0 Å². The van der Waals surface area contributed by atoms with Gasteiger partial charge in [-0.2, -0.15) is 4.98 Å². The van der Waals surface area contributed by atoms with Crippen LogP contribution in [0.4, 0.5) is 26.2 Å². The van der Waals surface area contributed by atoms with E-state index in [4.69, 9.17) is 0 Å². The fraction of sp³-hybridized carbons (Fsp3) is 0.375. The number of hydrogen-bond donors (Lipinski definition) is 1. The molecule has 1 fully saturated rings. The number of piperidine rings is 1. The predicted molar refractivity (Wildman–Crippen MR) is 82.5 cm³/mol. The summed E-state index contributed by atoms with van der Waals surface area (Å²) in [5.41, 5.74) is 1.26. The minimum Gasteiger partial charge on any atom is -0.356 e. The average molecular weight is 304 g/mol. The van der Waals surface area contributed by atoms with E-state index >= 15 is 0 Å². The second-order valence-corrected chi connectivity index (χ2v) is 5.49. The summed E-state index contributed by atoms with van der Waals surface area (Å²) in [7, 11) is 0. The van der Waals surface area contributed by atoms with Crippen molar-refractivity contribution in [2.75, 3.05) is 23.3 Å². The second-order valence-electron chi connectivity index (χ2n) is 5.49. The van der Waals surface area contributed by atoms with E-state index in [0.29, 0.717) is 11.6 Å². The van der Waals surface area contributed by atoms with Gasteiger partial charge < -0.3 is 10.2 Å². The molecule has 3 rings (SSSR count). The lowest BCUT2D eigenvalue weighted by molar-refractivity contribution is 0.509. The average Bonchev–Trinajstić information content (AvgIpc) is 2.51. The van der Waals surface area contributed by atoms with Crippen molar-refractivity contribution in [3.63, 3.8) is 0 Å². The summed E-state index contributed by atoms with van der Waals surface area (Å²) in [5.74, 6) is -0.498. The Morgan fingerprint density at radius 1 is 1.00 bits per heavy atom. The van der Waals surface area contributed by atoms with Gasteiger partial charge in [-0.25, -0.2) is 13.8 Å². The van der Waals surface area contributed by atoms with E-state index in [1.807, 2.05) is 13.0 Å². The van der Waals surface area contributed by atoms with Gasteiger partial charge >= 0.3 is 0 Å². The van der Waals surface area contributed by atoms with Crippen molar-refractivity contribution in [3.8, 4) is 0 Å². The molecule has 0 spiro atoms. The van der Waals surface area contributed by atoms with Crippen molar-refractivity contribution in [2.45, 2.75) is 26.2 Å². The van der Waals surface area contributed by atoms with Crippen molar-refractivity contribution in [1.82, 2.24) is 9.97 Å². The minimum absolute atomic E-state index is 0.395. The summed E-state index contributed by atoms with van der Waals surface area (Å²) in [6.45, 7) is 3.87. The van der Waals surface area contributed by atoms with Crippen LogP contribution >= 0.6 is 0 Å². The Morgan fingerprint density at radius 2 is 1.77 bits per heavy atom. The third-order valence-corrected chi connectivity index (χ3v) is 3.70. The zero-order valence-corrected chi connectivity index (χ0v) is 12.4. The van der Waals surface area contributed by atoms with Crippen molar-refractivity contribution < 1.29 is 8.78 Å². The molecule has 1 aromatic carbocycles. The molecule has 0 saturated carbocycles. The third-order valence-electron chi connectivity index (χ3n) is 3.70. The molecular formula is C16H18F2N4. The molecule has 0 atom stereocenters. The van der Waals surface area contributed by atoms with Crippen molar-refractivity contribution >= 4 is 17.5 Å². The first-order valence-corrected chi connectivity index (χ1v) is 7.44. The fourth-order valence-corrected chi connectivity index (χ4v) is 2.60. The van der Waals surface area contributed by atoms with Gasteiger partial charge in [0.25, 0.3) is 0 Å². The highest BCUT2D eigenvalue weighted by molar-refractivity contribution is 5.55. The van der Waals surface area contributed by atoms with Crippen LogP contribution in [-0.2, 0) is 0 Å². The summed E-state index contributed by atoms with van der Waals surface area (Å²) in [6, 6.07) is 5.59. The first-order chi connectivity index (χ1) is 10.6. The van der Waals surface area contributed by atoms with E-state index in [2.05, 4.69) is 20.2 Å². The molecule has 0 unspecified atom stereocenters. The normalized spacial score (nSPS) is 15.0. The third kappa shape index (κ3) is 3.32. The van der Waals surface area contributed by atoms with Crippen LogP contribution < -0.4 is 10.2 Å². The van der Waals surface area contributed by atoms with Crippen LogP contribution in [-0.4, -0.2) is 23.1 Å². The van der Waals surface area contributed by atoms with Crippen molar-refractivity contribution in [1.29, 1.82) is 0 Å². The Morgan fingerprint density at radius 3 is 2.50 bits per heavy atom. The van der Waals surface area contributed by atoms with Gasteiger partial charge in [0.1, 0.15) is 5.82 Å². The molecule has 1 aromatic heterocycles. The van der Waals surface area contributed by atoms with E-state index in [-0.39, 0.29) is 0 Å². The molecule has 1 N–H and O–H groups in total. The number of halogens is 2. The van der Waals surface area contributed by atoms with Gasteiger partial charge in [0, 0.05) is 36.6 Å². The van der Waals surface area contributed by atoms with Crippen LogP contribution in [0.5, 0.6) is 0 Å². The molecule has 1 saturated heterocycles. The molecule has 6 heteroatoms. The maximum absolute atomic E-state index is 13.3. The van der Waals surface area contributed by atoms with Gasteiger partial charge in [0.05, 0.1) is 0 Å². The van der Waals surface area contributed by atoms with Crippen LogP contribution in [0.15, 0.2) is 24.3 Å². The molecule has 0 radical (unpaired) electrons. The molecule has 22 heavy (non-hydrogen) atoms. The summed E-state index contributed by atoms with van der Waals surface area (Å²) in [6.07, 6.45) is 3.57. The van der Waals surface area contributed by atoms with Gasteiger partial charge in [-0.1, -0.05) is 0 Å². The maximum atomic E-state index is 13.3. The molecule has 0 aliphatic carbocycles. The molecule has 4 nitrogen and oxygen atoms in total. The Labute approximate surface area is 128 Å². The number of nitrogens with zero attached hydrogens (tertiary/aromatic N) is 3. The number of rotatable bonds is 3. The van der Waals surface area contributed by atoms with E-state index < -0.39 is 11.6 Å². The monoisotopic (exact) mass is 304 g/mol. The van der Waals surface area contributed by atoms with Crippen molar-refractivity contribution in [3.05, 3.63) is 41.6 Å². The first-order valence-electron chi connectivity index (χ1n) is 7.44. The highest BCUT2D eigenvalue weighted by Gasteiger charge is 2.14. The lowest BCUT2D eigenvalue weighted by atomic mass is 10.1. The number of benzene rings is 1. The second kappa shape index (κ2) is 6.25. The molecule has 0 amide bonds. The summed E-state index contributed by atoms with van der Waals surface area (Å²) in [4.78, 5) is 11.0. The van der Waals surface area contributed by atoms with E-state index in [1.165, 1.54) is 12.5 Å². The van der Waals surface area contributed by atoms with Gasteiger partial charge in [0.2, 0.25) is 5.95 Å². The number of hydrogen-bond acceptors (Lipinski definition) is 4. The molecule has 116 valence electrons. The summed E-state index contributed by atoms with van der Waals surface area (Å²) >= 11 is 0. The molecule has 1 aliphatic rings. The Hall–Kier alpha value is -2.24. The standard InChI is InChI=1S/C16H18F2N4/c1-11-9-15(22-7-3-2-4-8-22)21-16(19-11)20-12-5-6-13(17)14(18)10-12/h5-6,9-10H,2-4,7-8H2,1H3,(H,19,20,21). The molecule has 1 aliphatic heterocycles. The van der Waals surface area contributed by atoms with E-state index in [0.717, 1.165) is 49.6 Å².